The number of hydrogen-bond donors (Lipinski definition) is 1. The lowest BCUT2D eigenvalue weighted by molar-refractivity contribution is 0.212. The summed E-state index contributed by atoms with van der Waals surface area (Å²) < 4.78 is 27.6. The second kappa shape index (κ2) is 4.96. The lowest BCUT2D eigenvalue weighted by Crippen LogP contribution is -2.06. The average Bonchev–Trinajstić information content (AvgIpc) is 2.65. The first-order valence-corrected chi connectivity index (χ1v) is 6.55. The van der Waals surface area contributed by atoms with E-state index in [0.29, 0.717) is 9.90 Å². The number of aliphatic hydroxyl groups is 1. The van der Waals surface area contributed by atoms with E-state index < -0.39 is 17.7 Å². The number of aryl methyl sites for hydroxylation is 2. The van der Waals surface area contributed by atoms with E-state index in [0.717, 1.165) is 11.6 Å². The van der Waals surface area contributed by atoms with E-state index in [2.05, 4.69) is 0 Å². The Labute approximate surface area is 113 Å². The number of thiophene rings is 1. The van der Waals surface area contributed by atoms with Crippen LogP contribution in [0.5, 0.6) is 0 Å². The quantitative estimate of drug-likeness (QED) is 0.869. The van der Waals surface area contributed by atoms with Gasteiger partial charge in [-0.05, 0) is 36.4 Å². The highest BCUT2D eigenvalue weighted by Crippen LogP contribution is 2.37. The summed E-state index contributed by atoms with van der Waals surface area (Å²) in [5.41, 5.74) is 0.720. The average molecular weight is 289 g/mol. The van der Waals surface area contributed by atoms with Crippen LogP contribution in [0.1, 0.15) is 27.7 Å². The molecule has 0 amide bonds. The van der Waals surface area contributed by atoms with Crippen molar-refractivity contribution in [2.24, 2.45) is 0 Å². The van der Waals surface area contributed by atoms with Crippen LogP contribution in [0.4, 0.5) is 8.78 Å². The van der Waals surface area contributed by atoms with Crippen LogP contribution in [0, 0.1) is 25.5 Å². The van der Waals surface area contributed by atoms with Crippen molar-refractivity contribution in [1.82, 2.24) is 0 Å². The number of benzene rings is 1. The van der Waals surface area contributed by atoms with Gasteiger partial charge in [0, 0.05) is 0 Å². The zero-order chi connectivity index (χ0) is 13.4. The fourth-order valence-corrected chi connectivity index (χ4v) is 2.98. The van der Waals surface area contributed by atoms with E-state index in [9.17, 15) is 13.9 Å². The van der Waals surface area contributed by atoms with Crippen molar-refractivity contribution in [3.05, 3.63) is 55.7 Å². The molecule has 2 aromatic rings. The van der Waals surface area contributed by atoms with Crippen LogP contribution in [-0.4, -0.2) is 5.11 Å². The topological polar surface area (TPSA) is 20.2 Å². The van der Waals surface area contributed by atoms with Gasteiger partial charge in [-0.3, -0.25) is 0 Å². The van der Waals surface area contributed by atoms with Crippen molar-refractivity contribution in [3.63, 3.8) is 0 Å². The fourth-order valence-electron chi connectivity index (χ4n) is 1.69. The highest BCUT2D eigenvalue weighted by atomic mass is 35.5. The molecule has 1 heterocycles. The van der Waals surface area contributed by atoms with Crippen molar-refractivity contribution in [2.75, 3.05) is 0 Å². The maximum Gasteiger partial charge on any atom is 0.135 e. The number of aliphatic hydroxyl groups excluding tert-OH is 1. The smallest absolute Gasteiger partial charge is 0.135 e. The van der Waals surface area contributed by atoms with E-state index in [1.54, 1.807) is 12.3 Å². The molecule has 0 aliphatic heterocycles. The second-order valence-corrected chi connectivity index (χ2v) is 5.38. The standard InChI is InChI=1S/C13H11ClF2OS/c1-6-3-4-8(15)9(11(6)16)12(17)13-10(14)7(2)5-18-13/h3-5,12,17H,1-2H3. The predicted molar refractivity (Wildman–Crippen MR) is 69.2 cm³/mol. The Balaban J connectivity index is 2.56. The highest BCUT2D eigenvalue weighted by molar-refractivity contribution is 7.10. The molecule has 0 saturated carbocycles. The van der Waals surface area contributed by atoms with Crippen molar-refractivity contribution < 1.29 is 13.9 Å². The molecule has 1 aromatic carbocycles. The predicted octanol–water partition coefficient (Wildman–Crippen LogP) is 4.38. The summed E-state index contributed by atoms with van der Waals surface area (Å²) in [6, 6.07) is 2.48. The van der Waals surface area contributed by atoms with Crippen LogP contribution >= 0.6 is 22.9 Å². The Morgan fingerprint density at radius 1 is 1.22 bits per heavy atom. The minimum atomic E-state index is -1.38. The van der Waals surface area contributed by atoms with E-state index >= 15 is 0 Å². The van der Waals surface area contributed by atoms with Gasteiger partial charge in [0.05, 0.1) is 15.5 Å². The number of halogens is 3. The summed E-state index contributed by atoms with van der Waals surface area (Å²) in [7, 11) is 0. The van der Waals surface area contributed by atoms with Gasteiger partial charge < -0.3 is 5.11 Å². The van der Waals surface area contributed by atoms with E-state index in [-0.39, 0.29) is 11.1 Å². The van der Waals surface area contributed by atoms with E-state index in [1.165, 1.54) is 24.3 Å². The van der Waals surface area contributed by atoms with Gasteiger partial charge in [-0.25, -0.2) is 8.78 Å². The molecule has 0 bridgehead atoms. The van der Waals surface area contributed by atoms with Crippen LogP contribution in [-0.2, 0) is 0 Å². The maximum absolute atomic E-state index is 13.9. The highest BCUT2D eigenvalue weighted by Gasteiger charge is 2.24. The molecule has 1 N–H and O–H groups in total. The van der Waals surface area contributed by atoms with Crippen molar-refractivity contribution in [2.45, 2.75) is 20.0 Å². The summed E-state index contributed by atoms with van der Waals surface area (Å²) >= 11 is 7.19. The normalized spacial score (nSPS) is 12.8. The fraction of sp³-hybridized carbons (Fsp3) is 0.231. The Morgan fingerprint density at radius 2 is 1.89 bits per heavy atom. The molecule has 2 rings (SSSR count). The van der Waals surface area contributed by atoms with Crippen LogP contribution in [0.3, 0.4) is 0 Å². The van der Waals surface area contributed by atoms with Crippen molar-refractivity contribution in [3.8, 4) is 0 Å². The van der Waals surface area contributed by atoms with Gasteiger partial charge in [0.2, 0.25) is 0 Å². The first-order chi connectivity index (χ1) is 8.43. The van der Waals surface area contributed by atoms with Gasteiger partial charge in [0.15, 0.2) is 0 Å². The molecule has 0 radical (unpaired) electrons. The monoisotopic (exact) mass is 288 g/mol. The Bertz CT molecular complexity index is 595. The van der Waals surface area contributed by atoms with Gasteiger partial charge in [0.25, 0.3) is 0 Å². The third-order valence-electron chi connectivity index (χ3n) is 2.77. The van der Waals surface area contributed by atoms with Gasteiger partial charge in [-0.1, -0.05) is 17.7 Å². The minimum absolute atomic E-state index is 0.287. The maximum atomic E-state index is 13.9. The molecular formula is C13H11ClF2OS. The summed E-state index contributed by atoms with van der Waals surface area (Å²) in [4.78, 5) is 0.359. The van der Waals surface area contributed by atoms with E-state index in [1.807, 2.05) is 0 Å². The van der Waals surface area contributed by atoms with Crippen molar-refractivity contribution in [1.29, 1.82) is 0 Å². The number of hydrogen-bond acceptors (Lipinski definition) is 2. The molecule has 0 aliphatic carbocycles. The lowest BCUT2D eigenvalue weighted by atomic mass is 10.0. The van der Waals surface area contributed by atoms with Crippen LogP contribution < -0.4 is 0 Å². The zero-order valence-electron chi connectivity index (χ0n) is 9.80. The van der Waals surface area contributed by atoms with Crippen molar-refractivity contribution >= 4 is 22.9 Å². The number of rotatable bonds is 2. The van der Waals surface area contributed by atoms with Gasteiger partial charge in [-0.15, -0.1) is 11.3 Å². The second-order valence-electron chi connectivity index (χ2n) is 4.09. The lowest BCUT2D eigenvalue weighted by Gasteiger charge is -2.13. The van der Waals surface area contributed by atoms with Gasteiger partial charge >= 0.3 is 0 Å². The molecule has 1 aromatic heterocycles. The summed E-state index contributed by atoms with van der Waals surface area (Å²) in [6.45, 7) is 3.30. The Hall–Kier alpha value is -0.970. The van der Waals surface area contributed by atoms with Gasteiger partial charge in [-0.2, -0.15) is 0 Å². The summed E-state index contributed by atoms with van der Waals surface area (Å²) in [5.74, 6) is -1.50. The van der Waals surface area contributed by atoms with E-state index in [4.69, 9.17) is 11.6 Å². The third-order valence-corrected chi connectivity index (χ3v) is 4.53. The molecule has 0 spiro atoms. The first-order valence-electron chi connectivity index (χ1n) is 5.29. The molecule has 0 aliphatic rings. The molecule has 18 heavy (non-hydrogen) atoms. The molecule has 1 atom stereocenters. The van der Waals surface area contributed by atoms with Crippen LogP contribution in [0.15, 0.2) is 17.5 Å². The van der Waals surface area contributed by atoms with Crippen LogP contribution in [0.2, 0.25) is 5.02 Å². The minimum Gasteiger partial charge on any atom is -0.383 e. The van der Waals surface area contributed by atoms with Crippen LogP contribution in [0.25, 0.3) is 0 Å². The molecule has 0 fully saturated rings. The molecule has 0 saturated heterocycles. The summed E-state index contributed by atoms with van der Waals surface area (Å²) in [5, 5.41) is 12.2. The van der Waals surface area contributed by atoms with Gasteiger partial charge in [0.1, 0.15) is 17.7 Å². The Kier molecular flexibility index (Phi) is 3.71. The summed E-state index contributed by atoms with van der Waals surface area (Å²) in [6.07, 6.45) is -1.38. The largest absolute Gasteiger partial charge is 0.383 e. The molecular weight excluding hydrogens is 278 g/mol. The third kappa shape index (κ3) is 2.16. The molecule has 1 nitrogen and oxygen atoms in total. The SMILES string of the molecule is Cc1ccc(F)c(C(O)c2scc(C)c2Cl)c1F. The first kappa shape index (κ1) is 13.5. The molecule has 96 valence electrons. The molecule has 5 heteroatoms. The Morgan fingerprint density at radius 3 is 2.44 bits per heavy atom. The zero-order valence-corrected chi connectivity index (χ0v) is 11.4. The molecule has 1 unspecified atom stereocenters.